The number of nitrogens with zero attached hydrogens (tertiary/aromatic N) is 1. The van der Waals surface area contributed by atoms with E-state index in [4.69, 9.17) is 5.73 Å². The van der Waals surface area contributed by atoms with Gasteiger partial charge in [0.05, 0.1) is 5.56 Å². The molecule has 0 atom stereocenters. The van der Waals surface area contributed by atoms with E-state index in [2.05, 4.69) is 0 Å². The van der Waals surface area contributed by atoms with Crippen LogP contribution >= 0.6 is 0 Å². The first-order valence-electron chi connectivity index (χ1n) is 7.99. The summed E-state index contributed by atoms with van der Waals surface area (Å²) in [5.41, 5.74) is 5.77. The largest absolute Gasteiger partial charge is 0.336 e. The van der Waals surface area contributed by atoms with E-state index in [1.165, 1.54) is 18.9 Å². The third-order valence-corrected chi connectivity index (χ3v) is 4.23. The van der Waals surface area contributed by atoms with Crippen molar-refractivity contribution < 1.29 is 9.18 Å². The topological polar surface area (TPSA) is 46.3 Å². The molecule has 1 aliphatic rings. The van der Waals surface area contributed by atoms with E-state index >= 15 is 0 Å². The highest BCUT2D eigenvalue weighted by Gasteiger charge is 2.26. The molecule has 0 aliphatic heterocycles. The summed E-state index contributed by atoms with van der Waals surface area (Å²) < 4.78 is 13.9. The molecule has 0 heterocycles. The number of hydrogen-bond donors (Lipinski definition) is 1. The molecule has 1 amide bonds. The molecule has 116 valence electrons. The van der Waals surface area contributed by atoms with Gasteiger partial charge in [0, 0.05) is 12.6 Å². The lowest BCUT2D eigenvalue weighted by molar-refractivity contribution is 0.0654. The van der Waals surface area contributed by atoms with Gasteiger partial charge < -0.3 is 10.6 Å². The van der Waals surface area contributed by atoms with Crippen LogP contribution in [-0.2, 0) is 0 Å². The molecule has 0 aromatic heterocycles. The minimum atomic E-state index is -0.436. The summed E-state index contributed by atoms with van der Waals surface area (Å²) in [5, 5.41) is 0. The minimum absolute atomic E-state index is 0.179. The fourth-order valence-corrected chi connectivity index (χ4v) is 3.07. The second-order valence-corrected chi connectivity index (χ2v) is 5.77. The average Bonchev–Trinajstić information content (AvgIpc) is 2.77. The molecule has 0 spiro atoms. The van der Waals surface area contributed by atoms with Crippen molar-refractivity contribution in [1.82, 2.24) is 4.90 Å². The maximum Gasteiger partial charge on any atom is 0.257 e. The van der Waals surface area contributed by atoms with Crippen molar-refractivity contribution in [2.24, 2.45) is 5.73 Å². The number of benzene rings is 1. The first-order chi connectivity index (χ1) is 10.2. The average molecular weight is 292 g/mol. The predicted octanol–water partition coefficient (Wildman–Crippen LogP) is 3.34. The van der Waals surface area contributed by atoms with Crippen LogP contribution in [0.4, 0.5) is 4.39 Å². The maximum atomic E-state index is 13.9. The van der Waals surface area contributed by atoms with Gasteiger partial charge in [0.25, 0.3) is 5.91 Å². The summed E-state index contributed by atoms with van der Waals surface area (Å²) >= 11 is 0. The van der Waals surface area contributed by atoms with E-state index in [0.29, 0.717) is 13.1 Å². The van der Waals surface area contributed by atoms with Crippen molar-refractivity contribution in [3.63, 3.8) is 0 Å². The number of hydrogen-bond acceptors (Lipinski definition) is 2. The molecule has 0 bridgehead atoms. The van der Waals surface area contributed by atoms with Crippen molar-refractivity contribution in [3.05, 3.63) is 35.6 Å². The second-order valence-electron chi connectivity index (χ2n) is 5.77. The smallest absolute Gasteiger partial charge is 0.257 e. The van der Waals surface area contributed by atoms with Crippen molar-refractivity contribution in [3.8, 4) is 0 Å². The van der Waals surface area contributed by atoms with Gasteiger partial charge in [-0.1, -0.05) is 37.8 Å². The van der Waals surface area contributed by atoms with Crippen LogP contribution in [0.5, 0.6) is 0 Å². The number of halogens is 1. The fraction of sp³-hybridized carbons (Fsp3) is 0.588. The first kappa shape index (κ1) is 16.0. The van der Waals surface area contributed by atoms with Crippen molar-refractivity contribution in [2.75, 3.05) is 13.1 Å². The molecule has 0 unspecified atom stereocenters. The van der Waals surface area contributed by atoms with Crippen LogP contribution in [0.15, 0.2) is 24.3 Å². The van der Waals surface area contributed by atoms with E-state index in [1.54, 1.807) is 18.2 Å². The van der Waals surface area contributed by atoms with Crippen molar-refractivity contribution >= 4 is 5.91 Å². The summed E-state index contributed by atoms with van der Waals surface area (Å²) in [5.74, 6) is -0.623. The van der Waals surface area contributed by atoms with Crippen molar-refractivity contribution in [2.45, 2.75) is 51.0 Å². The summed E-state index contributed by atoms with van der Waals surface area (Å²) in [7, 11) is 0. The van der Waals surface area contributed by atoms with Crippen LogP contribution in [0.2, 0.25) is 0 Å². The Bertz CT molecular complexity index is 456. The molecule has 1 aliphatic carbocycles. The van der Waals surface area contributed by atoms with Crippen LogP contribution in [0.1, 0.15) is 55.3 Å². The summed E-state index contributed by atoms with van der Waals surface area (Å²) in [6, 6.07) is 6.48. The molecular formula is C17H25FN2O. The number of carbonyl (C=O) groups excluding carboxylic acids is 1. The van der Waals surface area contributed by atoms with Gasteiger partial charge in [-0.25, -0.2) is 4.39 Å². The van der Waals surface area contributed by atoms with Crippen LogP contribution in [0.25, 0.3) is 0 Å². The zero-order chi connectivity index (χ0) is 15.1. The minimum Gasteiger partial charge on any atom is -0.336 e. The number of amides is 1. The van der Waals surface area contributed by atoms with E-state index < -0.39 is 5.82 Å². The van der Waals surface area contributed by atoms with Gasteiger partial charge in [0.2, 0.25) is 0 Å². The third-order valence-electron chi connectivity index (χ3n) is 4.23. The van der Waals surface area contributed by atoms with Gasteiger partial charge in [-0.2, -0.15) is 0 Å². The summed E-state index contributed by atoms with van der Waals surface area (Å²) in [6.45, 7) is 1.17. The van der Waals surface area contributed by atoms with Gasteiger partial charge in [0.1, 0.15) is 5.82 Å². The van der Waals surface area contributed by atoms with E-state index in [0.717, 1.165) is 32.1 Å². The highest BCUT2D eigenvalue weighted by Crippen LogP contribution is 2.24. The predicted molar refractivity (Wildman–Crippen MR) is 82.6 cm³/mol. The molecule has 1 saturated carbocycles. The van der Waals surface area contributed by atoms with Gasteiger partial charge in [-0.05, 0) is 37.9 Å². The Balaban J connectivity index is 2.17. The van der Waals surface area contributed by atoms with Crippen LogP contribution < -0.4 is 5.73 Å². The number of rotatable bonds is 5. The van der Waals surface area contributed by atoms with Crippen molar-refractivity contribution in [1.29, 1.82) is 0 Å². The molecule has 21 heavy (non-hydrogen) atoms. The number of nitrogens with two attached hydrogens (primary N) is 1. The standard InChI is InChI=1S/C17H25FN2O/c18-16-11-6-5-10-15(16)17(21)20(13-7-12-19)14-8-3-1-2-4-9-14/h5-6,10-11,14H,1-4,7-9,12-13,19H2. The van der Waals surface area contributed by atoms with E-state index in [1.807, 2.05) is 4.90 Å². The molecular weight excluding hydrogens is 267 g/mol. The Labute approximate surface area is 126 Å². The maximum absolute atomic E-state index is 13.9. The summed E-state index contributed by atoms with van der Waals surface area (Å²) in [4.78, 5) is 14.6. The normalized spacial score (nSPS) is 16.5. The Morgan fingerprint density at radius 3 is 2.48 bits per heavy atom. The van der Waals surface area contributed by atoms with E-state index in [-0.39, 0.29) is 17.5 Å². The molecule has 1 fully saturated rings. The molecule has 0 saturated heterocycles. The van der Waals surface area contributed by atoms with Gasteiger partial charge in [-0.3, -0.25) is 4.79 Å². The quantitative estimate of drug-likeness (QED) is 0.846. The fourth-order valence-electron chi connectivity index (χ4n) is 3.07. The molecule has 4 heteroatoms. The molecule has 2 N–H and O–H groups in total. The first-order valence-corrected chi connectivity index (χ1v) is 7.99. The highest BCUT2D eigenvalue weighted by molar-refractivity contribution is 5.94. The second kappa shape index (κ2) is 8.13. The summed E-state index contributed by atoms with van der Waals surface area (Å²) in [6.07, 6.45) is 7.55. The zero-order valence-corrected chi connectivity index (χ0v) is 12.6. The van der Waals surface area contributed by atoms with Crippen LogP contribution in [0, 0.1) is 5.82 Å². The molecule has 0 radical (unpaired) electrons. The highest BCUT2D eigenvalue weighted by atomic mass is 19.1. The van der Waals surface area contributed by atoms with Gasteiger partial charge in [0.15, 0.2) is 0 Å². The van der Waals surface area contributed by atoms with Crippen LogP contribution in [-0.4, -0.2) is 29.9 Å². The molecule has 2 rings (SSSR count). The Kier molecular flexibility index (Phi) is 6.18. The Morgan fingerprint density at radius 1 is 1.19 bits per heavy atom. The van der Waals surface area contributed by atoms with Gasteiger partial charge in [-0.15, -0.1) is 0 Å². The Morgan fingerprint density at radius 2 is 1.86 bits per heavy atom. The number of carbonyl (C=O) groups is 1. The van der Waals surface area contributed by atoms with Crippen LogP contribution in [0.3, 0.4) is 0 Å². The lowest BCUT2D eigenvalue weighted by Gasteiger charge is -2.31. The lowest BCUT2D eigenvalue weighted by Crippen LogP contribution is -2.41. The molecule has 1 aromatic rings. The SMILES string of the molecule is NCCCN(C(=O)c1ccccc1F)C1CCCCCC1. The monoisotopic (exact) mass is 292 g/mol. The Hall–Kier alpha value is -1.42. The van der Waals surface area contributed by atoms with Gasteiger partial charge >= 0.3 is 0 Å². The molecule has 1 aromatic carbocycles. The molecule has 3 nitrogen and oxygen atoms in total. The zero-order valence-electron chi connectivity index (χ0n) is 12.6. The third kappa shape index (κ3) is 4.27. The lowest BCUT2D eigenvalue weighted by atomic mass is 10.0. The van der Waals surface area contributed by atoms with E-state index in [9.17, 15) is 9.18 Å².